The Hall–Kier alpha value is -1.80. The molecule has 2 aliphatic rings. The molecule has 4 rings (SSSR count). The molecule has 92 valence electrons. The molecule has 0 amide bonds. The van der Waals surface area contributed by atoms with Crippen LogP contribution in [0.2, 0.25) is 0 Å². The Morgan fingerprint density at radius 3 is 2.89 bits per heavy atom. The van der Waals surface area contributed by atoms with Gasteiger partial charge in [-0.2, -0.15) is 0 Å². The Morgan fingerprint density at radius 1 is 1.05 bits per heavy atom. The lowest BCUT2D eigenvalue weighted by molar-refractivity contribution is -0.113. The summed E-state index contributed by atoms with van der Waals surface area (Å²) in [4.78, 5) is 13.9. The summed E-state index contributed by atoms with van der Waals surface area (Å²) < 4.78 is 0. The lowest BCUT2D eigenvalue weighted by Crippen LogP contribution is -2.08. The Labute approximate surface area is 116 Å². The normalized spacial score (nSPS) is 17.6. The summed E-state index contributed by atoms with van der Waals surface area (Å²) >= 11 is 1.73. The van der Waals surface area contributed by atoms with Crippen molar-refractivity contribution >= 4 is 28.3 Å². The molecule has 0 unspecified atom stereocenters. The van der Waals surface area contributed by atoms with Gasteiger partial charge in [0.2, 0.25) is 0 Å². The topological polar surface area (TPSA) is 17.1 Å². The second kappa shape index (κ2) is 4.10. The number of thioether (sulfide) groups is 1. The first-order chi connectivity index (χ1) is 9.31. The smallest absolute Gasteiger partial charge is 0.160 e. The van der Waals surface area contributed by atoms with Gasteiger partial charge in [-0.05, 0) is 40.5 Å². The highest BCUT2D eigenvalue weighted by molar-refractivity contribution is 8.03. The second-order valence-electron chi connectivity index (χ2n) is 4.95. The molecule has 19 heavy (non-hydrogen) atoms. The highest BCUT2D eigenvalue weighted by Crippen LogP contribution is 2.44. The fraction of sp³-hybridized carbons (Fsp3) is 0.118. The summed E-state index contributed by atoms with van der Waals surface area (Å²) in [5, 5.41) is 2.63. The SMILES string of the molecule is O=C1C=C2Sc3ccc4ccccc4c3CC2=CC1. The first-order valence-corrected chi connectivity index (χ1v) is 7.25. The van der Waals surface area contributed by atoms with Crippen molar-refractivity contribution in [1.82, 2.24) is 0 Å². The minimum absolute atomic E-state index is 0.218. The van der Waals surface area contributed by atoms with Gasteiger partial charge in [0.25, 0.3) is 0 Å². The lowest BCUT2D eigenvalue weighted by atomic mass is 9.94. The Morgan fingerprint density at radius 2 is 1.95 bits per heavy atom. The molecule has 0 aromatic heterocycles. The van der Waals surface area contributed by atoms with Crippen LogP contribution in [0.1, 0.15) is 12.0 Å². The summed E-state index contributed by atoms with van der Waals surface area (Å²) in [5.74, 6) is 0.218. The number of carbonyl (C=O) groups excluding carboxylic acids is 1. The number of carbonyl (C=O) groups is 1. The average Bonchev–Trinajstić information content (AvgIpc) is 2.45. The van der Waals surface area contributed by atoms with E-state index in [1.165, 1.54) is 26.8 Å². The van der Waals surface area contributed by atoms with Crippen LogP contribution in [0.3, 0.4) is 0 Å². The van der Waals surface area contributed by atoms with Gasteiger partial charge in [-0.1, -0.05) is 48.2 Å². The fourth-order valence-corrected chi connectivity index (χ4v) is 3.93. The predicted octanol–water partition coefficient (Wildman–Crippen LogP) is 4.27. The van der Waals surface area contributed by atoms with E-state index in [4.69, 9.17) is 0 Å². The van der Waals surface area contributed by atoms with E-state index in [2.05, 4.69) is 42.5 Å². The van der Waals surface area contributed by atoms with Crippen LogP contribution in [0.5, 0.6) is 0 Å². The minimum Gasteiger partial charge on any atom is -0.294 e. The highest BCUT2D eigenvalue weighted by Gasteiger charge is 2.23. The molecule has 0 radical (unpaired) electrons. The van der Waals surface area contributed by atoms with E-state index in [0.717, 1.165) is 11.3 Å². The molecule has 0 spiro atoms. The fourth-order valence-electron chi connectivity index (χ4n) is 2.78. The minimum atomic E-state index is 0.218. The molecule has 1 aliphatic carbocycles. The maximum absolute atomic E-state index is 11.5. The van der Waals surface area contributed by atoms with Gasteiger partial charge in [0, 0.05) is 16.2 Å². The van der Waals surface area contributed by atoms with Crippen molar-refractivity contribution in [3.63, 3.8) is 0 Å². The van der Waals surface area contributed by atoms with E-state index < -0.39 is 0 Å². The first-order valence-electron chi connectivity index (χ1n) is 6.44. The molecule has 2 aromatic carbocycles. The summed E-state index contributed by atoms with van der Waals surface area (Å²) in [6.07, 6.45) is 5.40. The molecule has 2 aromatic rings. The Balaban J connectivity index is 1.93. The number of benzene rings is 2. The molecule has 0 fully saturated rings. The lowest BCUT2D eigenvalue weighted by Gasteiger charge is -2.24. The van der Waals surface area contributed by atoms with Gasteiger partial charge in [0.05, 0.1) is 0 Å². The Bertz CT molecular complexity index is 768. The quantitative estimate of drug-likeness (QED) is 0.706. The zero-order valence-corrected chi connectivity index (χ0v) is 11.2. The highest BCUT2D eigenvalue weighted by atomic mass is 32.2. The van der Waals surface area contributed by atoms with Gasteiger partial charge in [-0.3, -0.25) is 4.79 Å². The largest absolute Gasteiger partial charge is 0.294 e. The van der Waals surface area contributed by atoms with Crippen molar-refractivity contribution in [1.29, 1.82) is 0 Å². The molecule has 0 N–H and O–H groups in total. The molecular formula is C17H12OS. The zero-order chi connectivity index (χ0) is 12.8. The first kappa shape index (κ1) is 11.1. The molecule has 1 aliphatic heterocycles. The molecule has 1 heterocycles. The standard InChI is InChI=1S/C17H12OS/c18-13-7-5-12-9-15-14-4-2-1-3-11(14)6-8-16(15)19-17(12)10-13/h1-6,8,10H,7,9H2. The van der Waals surface area contributed by atoms with Crippen molar-refractivity contribution in [2.45, 2.75) is 17.7 Å². The van der Waals surface area contributed by atoms with E-state index >= 15 is 0 Å². The number of rotatable bonds is 0. The molecule has 1 nitrogen and oxygen atoms in total. The molecule has 0 saturated heterocycles. The summed E-state index contributed by atoms with van der Waals surface area (Å²) in [6.45, 7) is 0. The summed E-state index contributed by atoms with van der Waals surface area (Å²) in [6, 6.07) is 12.9. The number of allylic oxidation sites excluding steroid dienone is 3. The van der Waals surface area contributed by atoms with E-state index in [0.29, 0.717) is 6.42 Å². The van der Waals surface area contributed by atoms with Crippen LogP contribution in [0.15, 0.2) is 63.9 Å². The average molecular weight is 264 g/mol. The Kier molecular flexibility index (Phi) is 2.39. The predicted molar refractivity (Wildman–Crippen MR) is 79.3 cm³/mol. The van der Waals surface area contributed by atoms with E-state index in [-0.39, 0.29) is 5.78 Å². The van der Waals surface area contributed by atoms with Crippen molar-refractivity contribution in [3.8, 4) is 0 Å². The van der Waals surface area contributed by atoms with Crippen LogP contribution in [0, 0.1) is 0 Å². The number of hydrogen-bond donors (Lipinski definition) is 0. The monoisotopic (exact) mass is 264 g/mol. The third-order valence-electron chi connectivity index (χ3n) is 3.74. The zero-order valence-electron chi connectivity index (χ0n) is 10.3. The van der Waals surface area contributed by atoms with E-state index in [1.54, 1.807) is 17.8 Å². The van der Waals surface area contributed by atoms with Crippen molar-refractivity contribution in [2.75, 3.05) is 0 Å². The van der Waals surface area contributed by atoms with Crippen LogP contribution in [-0.4, -0.2) is 5.78 Å². The third-order valence-corrected chi connectivity index (χ3v) is 4.95. The summed E-state index contributed by atoms with van der Waals surface area (Å²) in [7, 11) is 0. The maximum Gasteiger partial charge on any atom is 0.160 e. The van der Waals surface area contributed by atoms with Crippen molar-refractivity contribution in [2.24, 2.45) is 0 Å². The molecule has 0 bridgehead atoms. The molecule has 2 heteroatoms. The van der Waals surface area contributed by atoms with Crippen molar-refractivity contribution in [3.05, 3.63) is 64.6 Å². The maximum atomic E-state index is 11.5. The van der Waals surface area contributed by atoms with Crippen molar-refractivity contribution < 1.29 is 4.79 Å². The van der Waals surface area contributed by atoms with Crippen LogP contribution >= 0.6 is 11.8 Å². The van der Waals surface area contributed by atoms with Crippen LogP contribution in [-0.2, 0) is 11.2 Å². The number of hydrogen-bond acceptors (Lipinski definition) is 2. The number of fused-ring (bicyclic) bond motifs is 4. The van der Waals surface area contributed by atoms with Gasteiger partial charge in [-0.25, -0.2) is 0 Å². The van der Waals surface area contributed by atoms with E-state index in [1.807, 2.05) is 0 Å². The second-order valence-corrected chi connectivity index (χ2v) is 6.03. The van der Waals surface area contributed by atoms with Gasteiger partial charge in [0.1, 0.15) is 0 Å². The van der Waals surface area contributed by atoms with Gasteiger partial charge < -0.3 is 0 Å². The van der Waals surface area contributed by atoms with E-state index in [9.17, 15) is 4.79 Å². The molecule has 0 atom stereocenters. The molecular weight excluding hydrogens is 252 g/mol. The van der Waals surface area contributed by atoms with Crippen LogP contribution in [0.4, 0.5) is 0 Å². The third kappa shape index (κ3) is 1.75. The van der Waals surface area contributed by atoms with Crippen LogP contribution < -0.4 is 0 Å². The van der Waals surface area contributed by atoms with Gasteiger partial charge in [0.15, 0.2) is 5.78 Å². The number of ketones is 1. The summed E-state index contributed by atoms with van der Waals surface area (Å²) in [5.41, 5.74) is 2.72. The molecule has 0 saturated carbocycles. The van der Waals surface area contributed by atoms with Gasteiger partial charge in [-0.15, -0.1) is 0 Å². The van der Waals surface area contributed by atoms with Gasteiger partial charge >= 0.3 is 0 Å². The van der Waals surface area contributed by atoms with Crippen LogP contribution in [0.25, 0.3) is 10.8 Å².